The van der Waals surface area contributed by atoms with Crippen LogP contribution in [0.4, 0.5) is 11.4 Å². The van der Waals surface area contributed by atoms with Crippen molar-refractivity contribution in [1.82, 2.24) is 0 Å². The van der Waals surface area contributed by atoms with Crippen LogP contribution in [0.15, 0.2) is 12.1 Å². The Labute approximate surface area is 121 Å². The fraction of sp³-hybridized carbons (Fsp3) is 0.562. The van der Waals surface area contributed by atoms with Gasteiger partial charge in [-0.1, -0.05) is 39.0 Å². The van der Waals surface area contributed by atoms with E-state index in [4.69, 9.17) is 16.2 Å². The Bertz CT molecular complexity index is 444. The van der Waals surface area contributed by atoms with E-state index in [1.165, 1.54) is 25.7 Å². The average molecular weight is 278 g/mol. The van der Waals surface area contributed by atoms with Gasteiger partial charge in [-0.3, -0.25) is 0 Å². The highest BCUT2D eigenvalue weighted by atomic mass is 16.5. The minimum atomic E-state index is -0.383. The van der Waals surface area contributed by atoms with Gasteiger partial charge in [-0.25, -0.2) is 4.79 Å². The van der Waals surface area contributed by atoms with E-state index in [0.29, 0.717) is 23.5 Å². The molecular formula is C16H26N2O2. The van der Waals surface area contributed by atoms with E-state index in [-0.39, 0.29) is 5.97 Å². The molecule has 0 spiro atoms. The maximum absolute atomic E-state index is 11.9. The number of esters is 1. The Balaban J connectivity index is 2.36. The van der Waals surface area contributed by atoms with Crippen molar-refractivity contribution in [3.8, 4) is 0 Å². The number of unbranched alkanes of at least 4 members (excludes halogenated alkanes) is 5. The predicted molar refractivity (Wildman–Crippen MR) is 83.7 cm³/mol. The molecule has 4 N–H and O–H groups in total. The first kappa shape index (κ1) is 16.3. The lowest BCUT2D eigenvalue weighted by Gasteiger charge is -2.10. The Hall–Kier alpha value is -1.71. The monoisotopic (exact) mass is 278 g/mol. The van der Waals surface area contributed by atoms with Crippen LogP contribution in [0.5, 0.6) is 0 Å². The molecule has 0 aliphatic heterocycles. The number of hydrogen-bond donors (Lipinski definition) is 2. The van der Waals surface area contributed by atoms with Crippen LogP contribution in [0.1, 0.15) is 61.4 Å². The molecule has 0 aromatic heterocycles. The lowest BCUT2D eigenvalue weighted by molar-refractivity contribution is 0.0499. The van der Waals surface area contributed by atoms with Gasteiger partial charge < -0.3 is 16.2 Å². The predicted octanol–water partition coefficient (Wildman–Crippen LogP) is 3.68. The number of ether oxygens (including phenoxy) is 1. The molecule has 1 aromatic rings. The van der Waals surface area contributed by atoms with Gasteiger partial charge in [0.05, 0.1) is 23.5 Å². The maximum Gasteiger partial charge on any atom is 0.340 e. The van der Waals surface area contributed by atoms with E-state index in [2.05, 4.69) is 6.92 Å². The van der Waals surface area contributed by atoms with Crippen molar-refractivity contribution in [3.05, 3.63) is 23.3 Å². The van der Waals surface area contributed by atoms with Crippen molar-refractivity contribution in [3.63, 3.8) is 0 Å². The number of nitrogen functional groups attached to an aromatic ring is 2. The van der Waals surface area contributed by atoms with Crippen LogP contribution < -0.4 is 11.5 Å². The molecule has 0 radical (unpaired) electrons. The molecule has 0 aliphatic carbocycles. The quantitative estimate of drug-likeness (QED) is 0.432. The lowest BCUT2D eigenvalue weighted by Crippen LogP contribution is -2.11. The highest BCUT2D eigenvalue weighted by Crippen LogP contribution is 2.23. The normalized spacial score (nSPS) is 10.5. The summed E-state index contributed by atoms with van der Waals surface area (Å²) in [6.07, 6.45) is 6.97. The summed E-state index contributed by atoms with van der Waals surface area (Å²) in [6, 6.07) is 3.47. The standard InChI is InChI=1S/C16H26N2O2/c1-3-4-5-6-7-8-9-20-16(19)13-10-12(2)11-14(17)15(13)18/h10-11H,3-9,17-18H2,1-2H3. The number of hydrogen-bond acceptors (Lipinski definition) is 4. The second-order valence-corrected chi connectivity index (χ2v) is 5.22. The molecule has 0 amide bonds. The van der Waals surface area contributed by atoms with Gasteiger partial charge in [0, 0.05) is 0 Å². The Morgan fingerprint density at radius 2 is 1.75 bits per heavy atom. The van der Waals surface area contributed by atoms with E-state index >= 15 is 0 Å². The molecule has 4 heteroatoms. The first-order valence-corrected chi connectivity index (χ1v) is 7.39. The lowest BCUT2D eigenvalue weighted by atomic mass is 10.1. The topological polar surface area (TPSA) is 78.3 Å². The van der Waals surface area contributed by atoms with Crippen LogP contribution in [-0.2, 0) is 4.74 Å². The summed E-state index contributed by atoms with van der Waals surface area (Å²) in [6.45, 7) is 4.51. The van der Waals surface area contributed by atoms with Crippen LogP contribution in [0, 0.1) is 6.92 Å². The van der Waals surface area contributed by atoms with E-state index in [1.54, 1.807) is 12.1 Å². The van der Waals surface area contributed by atoms with Crippen molar-refractivity contribution < 1.29 is 9.53 Å². The molecule has 1 rings (SSSR count). The summed E-state index contributed by atoms with van der Waals surface area (Å²) < 4.78 is 5.25. The summed E-state index contributed by atoms with van der Waals surface area (Å²) in [5, 5.41) is 0. The first-order valence-electron chi connectivity index (χ1n) is 7.39. The zero-order chi connectivity index (χ0) is 15.0. The van der Waals surface area contributed by atoms with Crippen molar-refractivity contribution in [2.45, 2.75) is 52.4 Å². The van der Waals surface area contributed by atoms with Gasteiger partial charge in [0.1, 0.15) is 0 Å². The molecule has 0 fully saturated rings. The molecule has 0 atom stereocenters. The zero-order valence-corrected chi connectivity index (χ0v) is 12.6. The minimum absolute atomic E-state index is 0.309. The van der Waals surface area contributed by atoms with E-state index in [0.717, 1.165) is 18.4 Å². The first-order chi connectivity index (χ1) is 9.56. The highest BCUT2D eigenvalue weighted by Gasteiger charge is 2.13. The molecule has 0 aliphatic rings. The van der Waals surface area contributed by atoms with Crippen LogP contribution >= 0.6 is 0 Å². The fourth-order valence-electron chi connectivity index (χ4n) is 2.12. The number of carbonyl (C=O) groups is 1. The summed E-state index contributed by atoms with van der Waals surface area (Å²) >= 11 is 0. The number of benzene rings is 1. The van der Waals surface area contributed by atoms with E-state index in [9.17, 15) is 4.79 Å². The summed E-state index contributed by atoms with van der Waals surface area (Å²) in [5.41, 5.74) is 13.6. The molecule has 20 heavy (non-hydrogen) atoms. The third kappa shape index (κ3) is 5.11. The molecule has 0 bridgehead atoms. The molecular weight excluding hydrogens is 252 g/mol. The van der Waals surface area contributed by atoms with Crippen molar-refractivity contribution in [2.24, 2.45) is 0 Å². The molecule has 0 unspecified atom stereocenters. The van der Waals surface area contributed by atoms with Gasteiger partial charge in [0.15, 0.2) is 0 Å². The Kier molecular flexibility index (Phi) is 6.91. The summed E-state index contributed by atoms with van der Waals surface area (Å²) in [4.78, 5) is 11.9. The van der Waals surface area contributed by atoms with Crippen LogP contribution in [0.3, 0.4) is 0 Å². The van der Waals surface area contributed by atoms with Gasteiger partial charge in [-0.05, 0) is 31.0 Å². The van der Waals surface area contributed by atoms with Crippen LogP contribution in [0.2, 0.25) is 0 Å². The molecule has 1 aromatic carbocycles. The number of carbonyl (C=O) groups excluding carboxylic acids is 1. The van der Waals surface area contributed by atoms with Crippen LogP contribution in [0.25, 0.3) is 0 Å². The molecule has 0 saturated carbocycles. The van der Waals surface area contributed by atoms with Gasteiger partial charge in [0.2, 0.25) is 0 Å². The van der Waals surface area contributed by atoms with Crippen molar-refractivity contribution in [2.75, 3.05) is 18.1 Å². The van der Waals surface area contributed by atoms with Crippen LogP contribution in [-0.4, -0.2) is 12.6 Å². The largest absolute Gasteiger partial charge is 0.462 e. The van der Waals surface area contributed by atoms with Gasteiger partial charge >= 0.3 is 5.97 Å². The molecule has 112 valence electrons. The summed E-state index contributed by atoms with van der Waals surface area (Å²) in [7, 11) is 0. The second-order valence-electron chi connectivity index (χ2n) is 5.22. The van der Waals surface area contributed by atoms with Crippen molar-refractivity contribution in [1.29, 1.82) is 0 Å². The number of rotatable bonds is 8. The Morgan fingerprint density at radius 3 is 2.45 bits per heavy atom. The average Bonchev–Trinajstić information content (AvgIpc) is 2.41. The third-order valence-corrected chi connectivity index (χ3v) is 3.31. The van der Waals surface area contributed by atoms with Gasteiger partial charge in [0.25, 0.3) is 0 Å². The number of aryl methyl sites for hydroxylation is 1. The maximum atomic E-state index is 11.9. The van der Waals surface area contributed by atoms with Gasteiger partial charge in [-0.15, -0.1) is 0 Å². The third-order valence-electron chi connectivity index (χ3n) is 3.31. The van der Waals surface area contributed by atoms with Crippen molar-refractivity contribution >= 4 is 17.3 Å². The highest BCUT2D eigenvalue weighted by molar-refractivity contribution is 5.98. The minimum Gasteiger partial charge on any atom is -0.462 e. The SMILES string of the molecule is CCCCCCCCOC(=O)c1cc(C)cc(N)c1N. The van der Waals surface area contributed by atoms with E-state index in [1.807, 2.05) is 6.92 Å². The number of anilines is 2. The zero-order valence-electron chi connectivity index (χ0n) is 12.6. The number of nitrogens with two attached hydrogens (primary N) is 2. The molecule has 0 heterocycles. The smallest absolute Gasteiger partial charge is 0.340 e. The fourth-order valence-corrected chi connectivity index (χ4v) is 2.12. The van der Waals surface area contributed by atoms with Gasteiger partial charge in [-0.2, -0.15) is 0 Å². The molecule has 4 nitrogen and oxygen atoms in total. The summed E-state index contributed by atoms with van der Waals surface area (Å²) in [5.74, 6) is -0.383. The second kappa shape index (κ2) is 8.46. The Morgan fingerprint density at radius 1 is 1.10 bits per heavy atom. The molecule has 0 saturated heterocycles. The van der Waals surface area contributed by atoms with E-state index < -0.39 is 0 Å².